The Morgan fingerprint density at radius 2 is 1.92 bits per heavy atom. The van der Waals surface area contributed by atoms with Gasteiger partial charge in [-0.05, 0) is 24.3 Å². The number of alkyl halides is 3. The van der Waals surface area contributed by atoms with Gasteiger partial charge in [0.1, 0.15) is 17.5 Å². The molecule has 0 atom stereocenters. The summed E-state index contributed by atoms with van der Waals surface area (Å²) in [6.45, 7) is 0. The fraction of sp³-hybridized carbons (Fsp3) is 0.125. The van der Waals surface area contributed by atoms with Crippen molar-refractivity contribution in [2.45, 2.75) is 6.18 Å². The molecule has 124 valence electrons. The van der Waals surface area contributed by atoms with E-state index < -0.39 is 29.0 Å². The Morgan fingerprint density at radius 3 is 2.46 bits per heavy atom. The van der Waals surface area contributed by atoms with Gasteiger partial charge in [-0.3, -0.25) is 4.79 Å². The minimum atomic E-state index is -4.54. The van der Waals surface area contributed by atoms with Crippen LogP contribution in [-0.4, -0.2) is 24.0 Å². The lowest BCUT2D eigenvalue weighted by atomic mass is 10.1. The van der Waals surface area contributed by atoms with Gasteiger partial charge in [-0.15, -0.1) is 0 Å². The molecule has 24 heavy (non-hydrogen) atoms. The van der Waals surface area contributed by atoms with Crippen LogP contribution < -0.4 is 5.32 Å². The van der Waals surface area contributed by atoms with E-state index in [4.69, 9.17) is 0 Å². The predicted octanol–water partition coefficient (Wildman–Crippen LogP) is 3.49. The highest BCUT2D eigenvalue weighted by Crippen LogP contribution is 2.31. The fourth-order valence-electron chi connectivity index (χ4n) is 2.01. The summed E-state index contributed by atoms with van der Waals surface area (Å²) in [5, 5.41) is 11.4. The van der Waals surface area contributed by atoms with Crippen LogP contribution >= 0.6 is 0 Å². The summed E-state index contributed by atoms with van der Waals surface area (Å²) in [5.74, 6) is -1.61. The molecule has 1 amide bonds. The van der Waals surface area contributed by atoms with Gasteiger partial charge in [0.25, 0.3) is 5.91 Å². The van der Waals surface area contributed by atoms with Crippen molar-refractivity contribution in [2.24, 2.45) is 0 Å². The van der Waals surface area contributed by atoms with Crippen molar-refractivity contribution in [3.8, 4) is 6.07 Å². The van der Waals surface area contributed by atoms with Gasteiger partial charge in [-0.1, -0.05) is 12.1 Å². The number of rotatable bonds is 2. The van der Waals surface area contributed by atoms with Crippen LogP contribution in [0.3, 0.4) is 0 Å². The van der Waals surface area contributed by atoms with Crippen LogP contribution in [0.2, 0.25) is 0 Å². The van der Waals surface area contributed by atoms with E-state index in [1.54, 1.807) is 6.07 Å². The number of nitrogens with zero attached hydrogens (tertiary/aromatic N) is 2. The number of benzene rings is 1. The lowest BCUT2D eigenvalue weighted by molar-refractivity contribution is -0.112. The third kappa shape index (κ3) is 3.63. The first kappa shape index (κ1) is 17.3. The molecule has 2 rings (SSSR count). The molecule has 0 spiro atoms. The number of para-hydroxylation sites is 1. The van der Waals surface area contributed by atoms with E-state index in [0.717, 1.165) is 29.3 Å². The molecule has 0 radical (unpaired) electrons. The van der Waals surface area contributed by atoms with Crippen LogP contribution in [0.5, 0.6) is 0 Å². The molecule has 1 aliphatic heterocycles. The highest BCUT2D eigenvalue weighted by Gasteiger charge is 2.34. The number of likely N-dealkylation sites (N-methyl/N-ethyl adjacent to an activating group) is 1. The molecular weight excluding hydrogens is 326 g/mol. The van der Waals surface area contributed by atoms with Gasteiger partial charge in [-0.25, -0.2) is 4.39 Å². The van der Waals surface area contributed by atoms with Crippen LogP contribution in [0.4, 0.5) is 23.2 Å². The molecule has 0 fully saturated rings. The van der Waals surface area contributed by atoms with E-state index in [1.807, 2.05) is 0 Å². The monoisotopic (exact) mass is 337 g/mol. The lowest BCUT2D eigenvalue weighted by Gasteiger charge is -2.23. The van der Waals surface area contributed by atoms with Gasteiger partial charge in [0.2, 0.25) is 0 Å². The molecule has 1 heterocycles. The average Bonchev–Trinajstić information content (AvgIpc) is 2.51. The maximum Gasteiger partial charge on any atom is 0.417 e. The van der Waals surface area contributed by atoms with E-state index in [0.29, 0.717) is 0 Å². The molecule has 4 nitrogen and oxygen atoms in total. The number of nitrogens with one attached hydrogen (secondary N) is 1. The SMILES string of the molecule is CN1C=C(C(F)(F)F)C=C/C1=C(/C#N)C(=O)Nc1ccccc1F. The second-order valence-electron chi connectivity index (χ2n) is 4.83. The van der Waals surface area contributed by atoms with E-state index in [1.165, 1.54) is 25.2 Å². The second kappa shape index (κ2) is 6.58. The molecular formula is C16H11F4N3O. The van der Waals surface area contributed by atoms with Gasteiger partial charge in [0, 0.05) is 13.2 Å². The van der Waals surface area contributed by atoms with E-state index in [9.17, 15) is 27.6 Å². The molecule has 0 saturated heterocycles. The maximum atomic E-state index is 13.5. The number of amides is 1. The Kier molecular flexibility index (Phi) is 4.74. The first-order chi connectivity index (χ1) is 11.2. The fourth-order valence-corrected chi connectivity index (χ4v) is 2.01. The molecule has 0 unspecified atom stereocenters. The molecule has 0 bridgehead atoms. The third-order valence-electron chi connectivity index (χ3n) is 3.18. The number of halogens is 4. The van der Waals surface area contributed by atoms with E-state index in [2.05, 4.69) is 5.32 Å². The minimum Gasteiger partial charge on any atom is -0.349 e. The van der Waals surface area contributed by atoms with Crippen molar-refractivity contribution in [1.82, 2.24) is 4.90 Å². The third-order valence-corrected chi connectivity index (χ3v) is 3.18. The molecule has 0 aliphatic carbocycles. The zero-order valence-corrected chi connectivity index (χ0v) is 12.4. The highest BCUT2D eigenvalue weighted by molar-refractivity contribution is 6.07. The number of anilines is 1. The predicted molar refractivity (Wildman–Crippen MR) is 78.7 cm³/mol. The number of carbonyl (C=O) groups excluding carboxylic acids is 1. The average molecular weight is 337 g/mol. The Hall–Kier alpha value is -3.08. The largest absolute Gasteiger partial charge is 0.417 e. The summed E-state index contributed by atoms with van der Waals surface area (Å²) in [7, 11) is 1.28. The van der Waals surface area contributed by atoms with Crippen LogP contribution in [0.25, 0.3) is 0 Å². The Morgan fingerprint density at radius 1 is 1.25 bits per heavy atom. The molecule has 1 N–H and O–H groups in total. The maximum absolute atomic E-state index is 13.5. The van der Waals surface area contributed by atoms with Crippen molar-refractivity contribution in [3.05, 3.63) is 65.3 Å². The molecule has 0 saturated carbocycles. The summed E-state index contributed by atoms with van der Waals surface area (Å²) in [4.78, 5) is 13.2. The van der Waals surface area contributed by atoms with E-state index in [-0.39, 0.29) is 11.4 Å². The number of hydrogen-bond acceptors (Lipinski definition) is 3. The van der Waals surface area contributed by atoms with Crippen molar-refractivity contribution in [2.75, 3.05) is 12.4 Å². The summed E-state index contributed by atoms with van der Waals surface area (Å²) >= 11 is 0. The topological polar surface area (TPSA) is 56.1 Å². The first-order valence-electron chi connectivity index (χ1n) is 6.64. The molecule has 1 aliphatic rings. The van der Waals surface area contributed by atoms with Crippen molar-refractivity contribution in [3.63, 3.8) is 0 Å². The summed E-state index contributed by atoms with van der Waals surface area (Å²) in [6.07, 6.45) is -1.99. The molecule has 1 aromatic rings. The Bertz CT molecular complexity index is 800. The summed E-state index contributed by atoms with van der Waals surface area (Å²) < 4.78 is 51.5. The molecule has 1 aromatic carbocycles. The zero-order valence-electron chi connectivity index (χ0n) is 12.4. The van der Waals surface area contributed by atoms with E-state index >= 15 is 0 Å². The van der Waals surface area contributed by atoms with Gasteiger partial charge >= 0.3 is 6.18 Å². The normalized spacial score (nSPS) is 16.3. The standard InChI is InChI=1S/C16H11F4N3O/c1-23-9-10(16(18,19)20)6-7-14(23)11(8-21)15(24)22-13-5-3-2-4-12(13)17/h2-7,9H,1H3,(H,22,24)/b14-11+. The second-order valence-corrected chi connectivity index (χ2v) is 4.83. The smallest absolute Gasteiger partial charge is 0.349 e. The van der Waals surface area contributed by atoms with Gasteiger partial charge in [0.15, 0.2) is 0 Å². The van der Waals surface area contributed by atoms with Crippen LogP contribution in [0, 0.1) is 17.1 Å². The van der Waals surface area contributed by atoms with Gasteiger partial charge in [-0.2, -0.15) is 18.4 Å². The number of carbonyl (C=O) groups is 1. The van der Waals surface area contributed by atoms with Gasteiger partial charge in [0.05, 0.1) is 17.0 Å². The van der Waals surface area contributed by atoms with Crippen LogP contribution in [0.1, 0.15) is 0 Å². The Labute approximate surface area is 135 Å². The quantitative estimate of drug-likeness (QED) is 0.511. The number of allylic oxidation sites excluding steroid dienone is 3. The number of hydrogen-bond donors (Lipinski definition) is 1. The van der Waals surface area contributed by atoms with Crippen molar-refractivity contribution in [1.29, 1.82) is 5.26 Å². The van der Waals surface area contributed by atoms with Crippen LogP contribution in [-0.2, 0) is 4.79 Å². The van der Waals surface area contributed by atoms with Crippen LogP contribution in [0.15, 0.2) is 59.5 Å². The Balaban J connectivity index is 2.32. The number of nitriles is 1. The lowest BCUT2D eigenvalue weighted by Crippen LogP contribution is -2.24. The van der Waals surface area contributed by atoms with Crippen molar-refractivity contribution < 1.29 is 22.4 Å². The first-order valence-corrected chi connectivity index (χ1v) is 6.64. The molecule has 8 heteroatoms. The zero-order chi connectivity index (χ0) is 17.9. The van der Waals surface area contributed by atoms with Crippen molar-refractivity contribution >= 4 is 11.6 Å². The minimum absolute atomic E-state index is 0.0284. The summed E-state index contributed by atoms with van der Waals surface area (Å²) in [6, 6.07) is 6.98. The highest BCUT2D eigenvalue weighted by atomic mass is 19.4. The molecule has 0 aromatic heterocycles. The van der Waals surface area contributed by atoms with Gasteiger partial charge < -0.3 is 10.2 Å². The summed E-state index contributed by atoms with van der Waals surface area (Å²) in [5.41, 5.74) is -1.51.